The molecule has 2 rings (SSSR count). The van der Waals surface area contributed by atoms with Crippen molar-refractivity contribution in [1.82, 2.24) is 20.0 Å². The number of nitrogens with zero attached hydrogens (tertiary/aromatic N) is 3. The van der Waals surface area contributed by atoms with Crippen LogP contribution in [0.1, 0.15) is 39.1 Å². The monoisotopic (exact) mass is 342 g/mol. The Balaban J connectivity index is 2.22. The molecule has 1 fully saturated rings. The zero-order chi connectivity index (χ0) is 14.9. The number of aromatic nitrogens is 2. The first kappa shape index (κ1) is 16.0. The lowest BCUT2D eigenvalue weighted by molar-refractivity contribution is 0.0925. The highest BCUT2D eigenvalue weighted by atomic mass is 79.9. The predicted molar refractivity (Wildman–Crippen MR) is 86.8 cm³/mol. The quantitative estimate of drug-likeness (QED) is 0.913. The summed E-state index contributed by atoms with van der Waals surface area (Å²) in [5, 5.41) is 8.21. The molecule has 1 aliphatic rings. The Kier molecular flexibility index (Phi) is 5.26. The van der Waals surface area contributed by atoms with Crippen molar-refractivity contribution in [2.45, 2.75) is 59.8 Å². The molecule has 0 saturated carbocycles. The molecule has 4 nitrogen and oxygen atoms in total. The minimum absolute atomic E-state index is 0.558. The topological polar surface area (TPSA) is 33.1 Å². The van der Waals surface area contributed by atoms with E-state index in [-0.39, 0.29) is 0 Å². The maximum Gasteiger partial charge on any atom is 0.0739 e. The smallest absolute Gasteiger partial charge is 0.0739 e. The summed E-state index contributed by atoms with van der Waals surface area (Å²) in [4.78, 5) is 2.61. The molecule has 0 bridgehead atoms. The third-order valence-electron chi connectivity index (χ3n) is 4.23. The first-order chi connectivity index (χ1) is 9.43. The van der Waals surface area contributed by atoms with Crippen LogP contribution in [0.2, 0.25) is 0 Å². The maximum absolute atomic E-state index is 4.61. The van der Waals surface area contributed by atoms with Gasteiger partial charge in [0.25, 0.3) is 0 Å². The molecular weight excluding hydrogens is 316 g/mol. The van der Waals surface area contributed by atoms with Crippen molar-refractivity contribution in [3.05, 3.63) is 15.9 Å². The number of aryl methyl sites for hydroxylation is 2. The largest absolute Gasteiger partial charge is 0.311 e. The Labute approximate surface area is 131 Å². The van der Waals surface area contributed by atoms with Crippen molar-refractivity contribution in [2.75, 3.05) is 13.1 Å². The summed E-state index contributed by atoms with van der Waals surface area (Å²) in [7, 11) is 0. The second kappa shape index (κ2) is 6.58. The van der Waals surface area contributed by atoms with E-state index < -0.39 is 0 Å². The fraction of sp³-hybridized carbons (Fsp3) is 0.800. The molecule has 0 aromatic carbocycles. The summed E-state index contributed by atoms with van der Waals surface area (Å²) in [6.07, 6.45) is 0. The fourth-order valence-electron chi connectivity index (χ4n) is 3.05. The lowest BCUT2D eigenvalue weighted by Crippen LogP contribution is -2.56. The Bertz CT molecular complexity index is 455. The average molecular weight is 343 g/mol. The zero-order valence-electron chi connectivity index (χ0n) is 13.3. The fourth-order valence-corrected chi connectivity index (χ4v) is 3.46. The van der Waals surface area contributed by atoms with Gasteiger partial charge in [0.15, 0.2) is 0 Å². The molecule has 0 radical (unpaired) electrons. The molecule has 0 spiro atoms. The Morgan fingerprint density at radius 2 is 2.15 bits per heavy atom. The van der Waals surface area contributed by atoms with Crippen LogP contribution in [0.3, 0.4) is 0 Å². The summed E-state index contributed by atoms with van der Waals surface area (Å²) in [6, 6.07) is 1.15. The number of halogens is 1. The van der Waals surface area contributed by atoms with Crippen molar-refractivity contribution >= 4 is 15.9 Å². The van der Waals surface area contributed by atoms with Gasteiger partial charge in [-0.1, -0.05) is 13.8 Å². The zero-order valence-corrected chi connectivity index (χ0v) is 14.9. The van der Waals surface area contributed by atoms with Crippen LogP contribution in [0.15, 0.2) is 4.47 Å². The highest BCUT2D eigenvalue weighted by Crippen LogP contribution is 2.25. The van der Waals surface area contributed by atoms with Crippen molar-refractivity contribution in [1.29, 1.82) is 0 Å². The first-order valence-corrected chi connectivity index (χ1v) is 8.42. The number of hydrogen-bond acceptors (Lipinski definition) is 3. The van der Waals surface area contributed by atoms with Gasteiger partial charge >= 0.3 is 0 Å². The molecule has 1 N–H and O–H groups in total. The molecule has 20 heavy (non-hydrogen) atoms. The normalized spacial score (nSPS) is 24.6. The van der Waals surface area contributed by atoms with Crippen LogP contribution in [0, 0.1) is 12.8 Å². The van der Waals surface area contributed by atoms with E-state index in [1.807, 2.05) is 0 Å². The molecule has 114 valence electrons. The molecule has 2 heterocycles. The van der Waals surface area contributed by atoms with Crippen LogP contribution in [-0.4, -0.2) is 39.9 Å². The van der Waals surface area contributed by atoms with E-state index in [0.29, 0.717) is 18.0 Å². The van der Waals surface area contributed by atoms with Crippen LogP contribution in [-0.2, 0) is 13.1 Å². The van der Waals surface area contributed by atoms with Crippen molar-refractivity contribution in [3.63, 3.8) is 0 Å². The molecule has 1 aliphatic heterocycles. The molecule has 5 heteroatoms. The highest BCUT2D eigenvalue weighted by Gasteiger charge is 2.29. The summed E-state index contributed by atoms with van der Waals surface area (Å²) in [5.41, 5.74) is 2.40. The van der Waals surface area contributed by atoms with Gasteiger partial charge in [-0.05, 0) is 42.6 Å². The van der Waals surface area contributed by atoms with E-state index in [0.717, 1.165) is 31.9 Å². The van der Waals surface area contributed by atoms with E-state index >= 15 is 0 Å². The van der Waals surface area contributed by atoms with Gasteiger partial charge in [0.2, 0.25) is 0 Å². The third-order valence-corrected chi connectivity index (χ3v) is 5.26. The lowest BCUT2D eigenvalue weighted by Gasteiger charge is -2.41. The molecule has 1 aromatic heterocycles. The summed E-state index contributed by atoms with van der Waals surface area (Å²) >= 11 is 3.72. The lowest BCUT2D eigenvalue weighted by atomic mass is 9.98. The molecule has 2 unspecified atom stereocenters. The minimum atomic E-state index is 0.558. The van der Waals surface area contributed by atoms with Gasteiger partial charge in [-0.15, -0.1) is 0 Å². The van der Waals surface area contributed by atoms with Crippen molar-refractivity contribution < 1.29 is 0 Å². The summed E-state index contributed by atoms with van der Waals surface area (Å²) < 4.78 is 3.30. The highest BCUT2D eigenvalue weighted by molar-refractivity contribution is 9.10. The standard InChI is InChI=1S/C15H27BrN4/c1-6-20-14(15(16)12(5)18-20)9-19-8-11(4)17-7-13(19)10(2)3/h10-11,13,17H,6-9H2,1-5H3. The van der Waals surface area contributed by atoms with E-state index in [1.54, 1.807) is 0 Å². The minimum Gasteiger partial charge on any atom is -0.311 e. The Hall–Kier alpha value is -0.390. The summed E-state index contributed by atoms with van der Waals surface area (Å²) in [6.45, 7) is 15.2. The molecule has 1 saturated heterocycles. The molecule has 2 atom stereocenters. The second-order valence-electron chi connectivity index (χ2n) is 6.21. The predicted octanol–water partition coefficient (Wildman–Crippen LogP) is 2.79. The van der Waals surface area contributed by atoms with Crippen LogP contribution in [0.5, 0.6) is 0 Å². The number of hydrogen-bond donors (Lipinski definition) is 1. The van der Waals surface area contributed by atoms with Gasteiger partial charge in [0.05, 0.1) is 15.9 Å². The van der Waals surface area contributed by atoms with Crippen LogP contribution in [0.25, 0.3) is 0 Å². The van der Waals surface area contributed by atoms with E-state index in [2.05, 4.69) is 70.5 Å². The van der Waals surface area contributed by atoms with E-state index in [1.165, 1.54) is 10.2 Å². The molecule has 1 aromatic rings. The Morgan fingerprint density at radius 1 is 1.45 bits per heavy atom. The third kappa shape index (κ3) is 3.26. The maximum atomic E-state index is 4.61. The molecule has 0 amide bonds. The van der Waals surface area contributed by atoms with Crippen LogP contribution in [0.4, 0.5) is 0 Å². The Morgan fingerprint density at radius 3 is 2.75 bits per heavy atom. The van der Waals surface area contributed by atoms with Crippen LogP contribution >= 0.6 is 15.9 Å². The van der Waals surface area contributed by atoms with Gasteiger partial charge in [0, 0.05) is 38.3 Å². The van der Waals surface area contributed by atoms with Gasteiger partial charge in [-0.2, -0.15) is 5.10 Å². The number of nitrogens with one attached hydrogen (secondary N) is 1. The van der Waals surface area contributed by atoms with Gasteiger partial charge in [0.1, 0.15) is 0 Å². The summed E-state index contributed by atoms with van der Waals surface area (Å²) in [5.74, 6) is 0.660. The second-order valence-corrected chi connectivity index (χ2v) is 7.00. The average Bonchev–Trinajstić information content (AvgIpc) is 2.66. The number of rotatable bonds is 4. The van der Waals surface area contributed by atoms with Crippen molar-refractivity contribution in [3.8, 4) is 0 Å². The number of piperazine rings is 1. The SMILES string of the molecule is CCn1nc(C)c(Br)c1CN1CC(C)NCC1C(C)C. The van der Waals surface area contributed by atoms with Gasteiger partial charge in [-0.25, -0.2) is 0 Å². The van der Waals surface area contributed by atoms with Gasteiger partial charge in [-0.3, -0.25) is 9.58 Å². The van der Waals surface area contributed by atoms with E-state index in [9.17, 15) is 0 Å². The van der Waals surface area contributed by atoms with E-state index in [4.69, 9.17) is 0 Å². The van der Waals surface area contributed by atoms with Crippen LogP contribution < -0.4 is 5.32 Å². The van der Waals surface area contributed by atoms with Gasteiger partial charge < -0.3 is 5.32 Å². The molecule has 0 aliphatic carbocycles. The van der Waals surface area contributed by atoms with Crippen molar-refractivity contribution in [2.24, 2.45) is 5.92 Å². The molecular formula is C15H27BrN4. The first-order valence-electron chi connectivity index (χ1n) is 7.63.